The van der Waals surface area contributed by atoms with Gasteiger partial charge in [0.15, 0.2) is 9.84 Å². The molecule has 1 fully saturated rings. The number of unbranched alkanes of at least 4 members (excludes halogenated alkanes) is 1. The van der Waals surface area contributed by atoms with Gasteiger partial charge in [0, 0.05) is 0 Å². The molecule has 0 unspecified atom stereocenters. The molecule has 0 amide bonds. The van der Waals surface area contributed by atoms with Crippen LogP contribution >= 0.6 is 0 Å². The van der Waals surface area contributed by atoms with Crippen LogP contribution in [0.1, 0.15) is 58.3 Å². The fourth-order valence-corrected chi connectivity index (χ4v) is 4.44. The maximum absolute atomic E-state index is 12.1. The van der Waals surface area contributed by atoms with Crippen LogP contribution in [-0.4, -0.2) is 32.5 Å². The van der Waals surface area contributed by atoms with Gasteiger partial charge < -0.3 is 5.32 Å². The van der Waals surface area contributed by atoms with Crippen LogP contribution in [0.3, 0.4) is 0 Å². The SMILES string of the molecule is CCCNCCCCS(=O)(=O)C1CCCCC1. The summed E-state index contributed by atoms with van der Waals surface area (Å²) in [4.78, 5) is 0. The summed E-state index contributed by atoms with van der Waals surface area (Å²) in [6.07, 6.45) is 8.14. The van der Waals surface area contributed by atoms with E-state index in [0.717, 1.165) is 58.0 Å². The Morgan fingerprint density at radius 3 is 2.41 bits per heavy atom. The maximum Gasteiger partial charge on any atom is 0.153 e. The largest absolute Gasteiger partial charge is 0.317 e. The Kier molecular flexibility index (Phi) is 7.12. The molecular formula is C13H27NO2S. The third kappa shape index (κ3) is 5.87. The predicted octanol–water partition coefficient (Wildman–Crippen LogP) is 2.51. The average Bonchev–Trinajstić information content (AvgIpc) is 2.35. The Balaban J connectivity index is 2.15. The quantitative estimate of drug-likeness (QED) is 0.683. The number of sulfone groups is 1. The maximum atomic E-state index is 12.1. The van der Waals surface area contributed by atoms with E-state index in [1.165, 1.54) is 6.42 Å². The van der Waals surface area contributed by atoms with E-state index < -0.39 is 9.84 Å². The fraction of sp³-hybridized carbons (Fsp3) is 1.00. The second-order valence-corrected chi connectivity index (χ2v) is 7.48. The second kappa shape index (κ2) is 8.09. The first-order chi connectivity index (χ1) is 8.17. The molecule has 0 spiro atoms. The van der Waals surface area contributed by atoms with Crippen molar-refractivity contribution >= 4 is 9.84 Å². The Morgan fingerprint density at radius 2 is 1.76 bits per heavy atom. The van der Waals surface area contributed by atoms with E-state index >= 15 is 0 Å². The summed E-state index contributed by atoms with van der Waals surface area (Å²) in [5.74, 6) is 0.394. The van der Waals surface area contributed by atoms with Crippen LogP contribution < -0.4 is 5.32 Å². The van der Waals surface area contributed by atoms with Gasteiger partial charge in [0.1, 0.15) is 0 Å². The summed E-state index contributed by atoms with van der Waals surface area (Å²) in [5, 5.41) is 3.28. The van der Waals surface area contributed by atoms with Crippen molar-refractivity contribution in [2.75, 3.05) is 18.8 Å². The number of hydrogen-bond donors (Lipinski definition) is 1. The molecule has 4 heteroatoms. The minimum Gasteiger partial charge on any atom is -0.317 e. The molecule has 1 aliphatic rings. The van der Waals surface area contributed by atoms with Gasteiger partial charge in [-0.1, -0.05) is 26.2 Å². The van der Waals surface area contributed by atoms with Crippen LogP contribution in [0.2, 0.25) is 0 Å². The van der Waals surface area contributed by atoms with Gasteiger partial charge in [-0.3, -0.25) is 0 Å². The molecule has 0 atom stereocenters. The normalized spacial score (nSPS) is 18.4. The fourth-order valence-electron chi connectivity index (χ4n) is 2.45. The number of nitrogens with one attached hydrogen (secondary N) is 1. The standard InChI is InChI=1S/C13H27NO2S/c1-2-10-14-11-6-7-12-17(15,16)13-8-4-3-5-9-13/h13-14H,2-12H2,1H3. The summed E-state index contributed by atoms with van der Waals surface area (Å²) in [6.45, 7) is 4.13. The zero-order valence-electron chi connectivity index (χ0n) is 11.1. The molecule has 0 aromatic carbocycles. The van der Waals surface area contributed by atoms with Gasteiger partial charge in [-0.05, 0) is 45.2 Å². The topological polar surface area (TPSA) is 46.2 Å². The zero-order chi connectivity index (χ0) is 12.6. The molecule has 0 aromatic rings. The lowest BCUT2D eigenvalue weighted by atomic mass is 10.0. The third-order valence-corrected chi connectivity index (χ3v) is 5.86. The Hall–Kier alpha value is -0.0900. The third-order valence-electron chi connectivity index (χ3n) is 3.52. The van der Waals surface area contributed by atoms with E-state index in [4.69, 9.17) is 0 Å². The van der Waals surface area contributed by atoms with Crippen molar-refractivity contribution in [3.63, 3.8) is 0 Å². The van der Waals surface area contributed by atoms with Crippen LogP contribution in [0.5, 0.6) is 0 Å². The lowest BCUT2D eigenvalue weighted by molar-refractivity contribution is 0.482. The molecule has 0 aliphatic heterocycles. The minimum atomic E-state index is -2.80. The smallest absolute Gasteiger partial charge is 0.153 e. The summed E-state index contributed by atoms with van der Waals surface area (Å²) in [6, 6.07) is 0. The summed E-state index contributed by atoms with van der Waals surface area (Å²) < 4.78 is 24.1. The Bertz CT molecular complexity index is 282. The van der Waals surface area contributed by atoms with Crippen LogP contribution in [-0.2, 0) is 9.84 Å². The average molecular weight is 261 g/mol. The van der Waals surface area contributed by atoms with Gasteiger partial charge in [-0.2, -0.15) is 0 Å². The summed E-state index contributed by atoms with van der Waals surface area (Å²) >= 11 is 0. The highest BCUT2D eigenvalue weighted by atomic mass is 32.2. The first kappa shape index (κ1) is 15.0. The molecule has 3 nitrogen and oxygen atoms in total. The van der Waals surface area contributed by atoms with Crippen molar-refractivity contribution in [3.05, 3.63) is 0 Å². The van der Waals surface area contributed by atoms with Crippen LogP contribution in [0.4, 0.5) is 0 Å². The van der Waals surface area contributed by atoms with Crippen molar-refractivity contribution in [1.82, 2.24) is 5.32 Å². The van der Waals surface area contributed by atoms with E-state index in [2.05, 4.69) is 12.2 Å². The van der Waals surface area contributed by atoms with Gasteiger partial charge in [0.05, 0.1) is 11.0 Å². The highest BCUT2D eigenvalue weighted by Gasteiger charge is 2.26. The molecule has 0 bridgehead atoms. The molecule has 17 heavy (non-hydrogen) atoms. The highest BCUT2D eigenvalue weighted by molar-refractivity contribution is 7.92. The van der Waals surface area contributed by atoms with E-state index in [-0.39, 0.29) is 5.25 Å². The molecule has 0 heterocycles. The summed E-state index contributed by atoms with van der Waals surface area (Å²) in [5.41, 5.74) is 0. The van der Waals surface area contributed by atoms with Crippen molar-refractivity contribution in [3.8, 4) is 0 Å². The van der Waals surface area contributed by atoms with Crippen molar-refractivity contribution in [1.29, 1.82) is 0 Å². The Morgan fingerprint density at radius 1 is 1.06 bits per heavy atom. The molecule has 102 valence electrons. The summed E-state index contributed by atoms with van der Waals surface area (Å²) in [7, 11) is -2.80. The highest BCUT2D eigenvalue weighted by Crippen LogP contribution is 2.24. The van der Waals surface area contributed by atoms with E-state index in [1.54, 1.807) is 0 Å². The number of hydrogen-bond acceptors (Lipinski definition) is 3. The van der Waals surface area contributed by atoms with Gasteiger partial charge in [0.25, 0.3) is 0 Å². The lowest BCUT2D eigenvalue weighted by Gasteiger charge is -2.21. The van der Waals surface area contributed by atoms with Crippen LogP contribution in [0.25, 0.3) is 0 Å². The molecule has 1 rings (SSSR count). The predicted molar refractivity (Wildman–Crippen MR) is 73.1 cm³/mol. The van der Waals surface area contributed by atoms with Crippen molar-refractivity contribution in [2.24, 2.45) is 0 Å². The molecule has 0 saturated heterocycles. The van der Waals surface area contributed by atoms with Gasteiger partial charge >= 0.3 is 0 Å². The van der Waals surface area contributed by atoms with Gasteiger partial charge in [0.2, 0.25) is 0 Å². The molecule has 1 N–H and O–H groups in total. The van der Waals surface area contributed by atoms with Gasteiger partial charge in [-0.25, -0.2) is 8.42 Å². The van der Waals surface area contributed by atoms with E-state index in [9.17, 15) is 8.42 Å². The van der Waals surface area contributed by atoms with Crippen molar-refractivity contribution in [2.45, 2.75) is 63.5 Å². The molecule has 0 radical (unpaired) electrons. The first-order valence-electron chi connectivity index (χ1n) is 7.09. The second-order valence-electron chi connectivity index (χ2n) is 5.08. The first-order valence-corrected chi connectivity index (χ1v) is 8.80. The molecule has 1 saturated carbocycles. The monoisotopic (exact) mass is 261 g/mol. The molecule has 0 aromatic heterocycles. The van der Waals surface area contributed by atoms with E-state index in [1.807, 2.05) is 0 Å². The van der Waals surface area contributed by atoms with Crippen molar-refractivity contribution < 1.29 is 8.42 Å². The van der Waals surface area contributed by atoms with Gasteiger partial charge in [-0.15, -0.1) is 0 Å². The Labute approximate surface area is 106 Å². The van der Waals surface area contributed by atoms with Crippen LogP contribution in [0, 0.1) is 0 Å². The minimum absolute atomic E-state index is 0.0279. The number of rotatable bonds is 8. The lowest BCUT2D eigenvalue weighted by Crippen LogP contribution is -2.27. The van der Waals surface area contributed by atoms with Crippen LogP contribution in [0.15, 0.2) is 0 Å². The molecule has 1 aliphatic carbocycles. The van der Waals surface area contributed by atoms with E-state index in [0.29, 0.717) is 5.75 Å². The zero-order valence-corrected chi connectivity index (χ0v) is 11.9. The molecular weight excluding hydrogens is 234 g/mol.